The number of nitrogens with zero attached hydrogens (tertiary/aromatic N) is 2. The van der Waals surface area contributed by atoms with Crippen LogP contribution in [0.25, 0.3) is 22.2 Å². The van der Waals surface area contributed by atoms with Crippen LogP contribution < -0.4 is 10.1 Å². The predicted molar refractivity (Wildman–Crippen MR) is 109 cm³/mol. The van der Waals surface area contributed by atoms with E-state index in [1.807, 2.05) is 61.9 Å². The van der Waals surface area contributed by atoms with E-state index in [1.165, 1.54) is 0 Å². The van der Waals surface area contributed by atoms with Gasteiger partial charge in [-0.2, -0.15) is 5.26 Å². The Hall–Kier alpha value is -3.46. The van der Waals surface area contributed by atoms with Gasteiger partial charge in [0.2, 0.25) is 0 Å². The summed E-state index contributed by atoms with van der Waals surface area (Å²) in [6.45, 7) is 6.00. The zero-order valence-corrected chi connectivity index (χ0v) is 16.4. The molecular formula is C22H23N3O3. The molecule has 0 radical (unpaired) electrons. The van der Waals surface area contributed by atoms with Crippen LogP contribution in [0.15, 0.2) is 42.5 Å². The maximum absolute atomic E-state index is 11.7. The van der Waals surface area contributed by atoms with Crippen LogP contribution in [0, 0.1) is 11.3 Å². The predicted octanol–water partition coefficient (Wildman–Crippen LogP) is 5.07. The summed E-state index contributed by atoms with van der Waals surface area (Å²) >= 11 is 0. The normalized spacial score (nSPS) is 10.7. The Labute approximate surface area is 164 Å². The Morgan fingerprint density at radius 2 is 2.04 bits per heavy atom. The minimum Gasteiger partial charge on any atom is -0.491 e. The first-order valence-corrected chi connectivity index (χ1v) is 9.18. The van der Waals surface area contributed by atoms with Gasteiger partial charge in [-0.05, 0) is 45.0 Å². The number of aromatic nitrogens is 1. The number of ether oxygens (including phenoxy) is 2. The summed E-state index contributed by atoms with van der Waals surface area (Å²) in [6.07, 6.45) is -0.439. The summed E-state index contributed by atoms with van der Waals surface area (Å²) < 4.78 is 12.7. The minimum absolute atomic E-state index is 0.0678. The molecule has 0 fully saturated rings. The van der Waals surface area contributed by atoms with Gasteiger partial charge in [-0.15, -0.1) is 0 Å². The first-order valence-electron chi connectivity index (χ1n) is 9.18. The molecule has 1 heterocycles. The second-order valence-electron chi connectivity index (χ2n) is 6.67. The maximum atomic E-state index is 11.7. The molecule has 0 aliphatic heterocycles. The highest BCUT2D eigenvalue weighted by molar-refractivity contribution is 5.96. The van der Waals surface area contributed by atoms with Crippen molar-refractivity contribution in [3.8, 4) is 23.1 Å². The first kappa shape index (κ1) is 19.3. The average molecular weight is 377 g/mol. The van der Waals surface area contributed by atoms with Gasteiger partial charge in [0.1, 0.15) is 11.8 Å². The van der Waals surface area contributed by atoms with E-state index in [0.29, 0.717) is 17.9 Å². The smallest absolute Gasteiger partial charge is 0.411 e. The van der Waals surface area contributed by atoms with E-state index in [9.17, 15) is 10.1 Å². The van der Waals surface area contributed by atoms with Crippen LogP contribution in [-0.2, 0) is 11.8 Å². The molecule has 6 nitrogen and oxygen atoms in total. The average Bonchev–Trinajstić information content (AvgIpc) is 2.93. The molecule has 1 N–H and O–H groups in total. The van der Waals surface area contributed by atoms with Crippen molar-refractivity contribution in [2.45, 2.75) is 26.9 Å². The molecule has 3 rings (SSSR count). The molecule has 2 aromatic carbocycles. The van der Waals surface area contributed by atoms with Crippen LogP contribution >= 0.6 is 0 Å². The largest absolute Gasteiger partial charge is 0.491 e. The topological polar surface area (TPSA) is 76.3 Å². The fraction of sp³-hybridized carbons (Fsp3) is 0.273. The lowest BCUT2D eigenvalue weighted by Gasteiger charge is -2.10. The number of benzene rings is 2. The highest BCUT2D eigenvalue weighted by Crippen LogP contribution is 2.35. The fourth-order valence-electron chi connectivity index (χ4n) is 3.24. The van der Waals surface area contributed by atoms with Gasteiger partial charge in [0.15, 0.2) is 0 Å². The van der Waals surface area contributed by atoms with Gasteiger partial charge in [-0.3, -0.25) is 5.32 Å². The molecule has 6 heteroatoms. The molecule has 0 atom stereocenters. The van der Waals surface area contributed by atoms with Crippen molar-refractivity contribution in [3.63, 3.8) is 0 Å². The Balaban J connectivity index is 2.09. The molecule has 1 aromatic heterocycles. The molecule has 0 aliphatic carbocycles. The summed E-state index contributed by atoms with van der Waals surface area (Å²) in [5, 5.41) is 13.4. The summed E-state index contributed by atoms with van der Waals surface area (Å²) in [5.41, 5.74) is 3.71. The number of fused-ring (bicyclic) bond motifs is 1. The Kier molecular flexibility index (Phi) is 5.55. The van der Waals surface area contributed by atoms with E-state index in [4.69, 9.17) is 9.47 Å². The van der Waals surface area contributed by atoms with Crippen LogP contribution in [0.5, 0.6) is 5.75 Å². The second kappa shape index (κ2) is 8.05. The van der Waals surface area contributed by atoms with Crippen LogP contribution in [-0.4, -0.2) is 23.4 Å². The van der Waals surface area contributed by atoms with Crippen molar-refractivity contribution in [1.29, 1.82) is 5.26 Å². The highest BCUT2D eigenvalue weighted by Gasteiger charge is 2.18. The summed E-state index contributed by atoms with van der Waals surface area (Å²) in [4.78, 5) is 11.7. The standard InChI is InChI=1S/C22H23N3O3/c1-5-27-22(26)24-16-8-6-7-15(11-16)21-19(13-23)18-10-9-17(28-14(2)3)12-20(18)25(21)4/h6-12,14H,5H2,1-4H3,(H,24,26). The molecular weight excluding hydrogens is 354 g/mol. The van der Waals surface area contributed by atoms with E-state index in [1.54, 1.807) is 13.0 Å². The Bertz CT molecular complexity index is 1060. The number of nitriles is 1. The van der Waals surface area contributed by atoms with Crippen molar-refractivity contribution in [2.75, 3.05) is 11.9 Å². The van der Waals surface area contributed by atoms with Gasteiger partial charge < -0.3 is 14.0 Å². The third-order valence-electron chi connectivity index (χ3n) is 4.31. The van der Waals surface area contributed by atoms with E-state index >= 15 is 0 Å². The third-order valence-corrected chi connectivity index (χ3v) is 4.31. The zero-order valence-electron chi connectivity index (χ0n) is 16.4. The number of carbonyl (C=O) groups excluding carboxylic acids is 1. The molecule has 28 heavy (non-hydrogen) atoms. The fourth-order valence-corrected chi connectivity index (χ4v) is 3.24. The molecule has 0 aliphatic rings. The Morgan fingerprint density at radius 1 is 1.25 bits per heavy atom. The number of hydrogen-bond donors (Lipinski definition) is 1. The number of rotatable bonds is 5. The van der Waals surface area contributed by atoms with Gasteiger partial charge in [0.05, 0.1) is 29.5 Å². The van der Waals surface area contributed by atoms with Gasteiger partial charge >= 0.3 is 6.09 Å². The summed E-state index contributed by atoms with van der Waals surface area (Å²) in [5.74, 6) is 0.761. The van der Waals surface area contributed by atoms with E-state index < -0.39 is 6.09 Å². The minimum atomic E-state index is -0.507. The van der Waals surface area contributed by atoms with E-state index in [2.05, 4.69) is 11.4 Å². The molecule has 0 saturated carbocycles. The second-order valence-corrected chi connectivity index (χ2v) is 6.67. The molecule has 1 amide bonds. The third kappa shape index (κ3) is 3.79. The van der Waals surface area contributed by atoms with Crippen molar-refractivity contribution < 1.29 is 14.3 Å². The number of nitrogens with one attached hydrogen (secondary N) is 1. The maximum Gasteiger partial charge on any atom is 0.411 e. The number of anilines is 1. The SMILES string of the molecule is CCOC(=O)Nc1cccc(-c2c(C#N)c3ccc(OC(C)C)cc3n2C)c1. The summed E-state index contributed by atoms with van der Waals surface area (Å²) in [6, 6.07) is 15.4. The molecule has 144 valence electrons. The first-order chi connectivity index (χ1) is 13.4. The lowest BCUT2D eigenvalue weighted by Crippen LogP contribution is -2.13. The van der Waals surface area contributed by atoms with Crippen LogP contribution in [0.2, 0.25) is 0 Å². The molecule has 3 aromatic rings. The number of hydrogen-bond acceptors (Lipinski definition) is 4. The van der Waals surface area contributed by atoms with Gasteiger partial charge in [-0.25, -0.2) is 4.79 Å². The van der Waals surface area contributed by atoms with Gasteiger partial charge in [-0.1, -0.05) is 12.1 Å². The van der Waals surface area contributed by atoms with E-state index in [0.717, 1.165) is 27.9 Å². The van der Waals surface area contributed by atoms with Crippen molar-refractivity contribution in [1.82, 2.24) is 4.57 Å². The highest BCUT2D eigenvalue weighted by atomic mass is 16.5. The molecule has 0 saturated heterocycles. The van der Waals surface area contributed by atoms with Crippen molar-refractivity contribution >= 4 is 22.7 Å². The van der Waals surface area contributed by atoms with Gasteiger partial charge in [0.25, 0.3) is 0 Å². The summed E-state index contributed by atoms with van der Waals surface area (Å²) in [7, 11) is 1.92. The lowest BCUT2D eigenvalue weighted by atomic mass is 10.1. The number of aryl methyl sites for hydroxylation is 1. The van der Waals surface area contributed by atoms with Crippen LogP contribution in [0.3, 0.4) is 0 Å². The van der Waals surface area contributed by atoms with Crippen molar-refractivity contribution in [2.24, 2.45) is 7.05 Å². The monoisotopic (exact) mass is 377 g/mol. The van der Waals surface area contributed by atoms with Crippen LogP contribution in [0.1, 0.15) is 26.3 Å². The van der Waals surface area contributed by atoms with Crippen molar-refractivity contribution in [3.05, 3.63) is 48.0 Å². The number of amides is 1. The zero-order chi connectivity index (χ0) is 20.3. The van der Waals surface area contributed by atoms with Gasteiger partial charge in [0, 0.05) is 29.8 Å². The Morgan fingerprint density at radius 3 is 2.71 bits per heavy atom. The van der Waals surface area contributed by atoms with Crippen LogP contribution in [0.4, 0.5) is 10.5 Å². The van der Waals surface area contributed by atoms with E-state index in [-0.39, 0.29) is 6.10 Å². The number of carbonyl (C=O) groups is 1. The molecule has 0 unspecified atom stereocenters. The molecule has 0 bridgehead atoms. The molecule has 0 spiro atoms. The quantitative estimate of drug-likeness (QED) is 0.673. The lowest BCUT2D eigenvalue weighted by molar-refractivity contribution is 0.168.